The third kappa shape index (κ3) is 4.15. The lowest BCUT2D eigenvalue weighted by Crippen LogP contribution is -2.36. The van der Waals surface area contributed by atoms with Crippen LogP contribution in [-0.4, -0.2) is 34.6 Å². The van der Waals surface area contributed by atoms with Gasteiger partial charge in [0.1, 0.15) is 17.2 Å². The molecule has 0 saturated carbocycles. The Morgan fingerprint density at radius 2 is 1.96 bits per heavy atom. The maximum atomic E-state index is 13.1. The molecule has 144 valence electrons. The van der Waals surface area contributed by atoms with Gasteiger partial charge in [0.15, 0.2) is 5.82 Å². The summed E-state index contributed by atoms with van der Waals surface area (Å²) in [5, 5.41) is 7.92. The summed E-state index contributed by atoms with van der Waals surface area (Å²) in [5.41, 5.74) is 0.199. The highest BCUT2D eigenvalue weighted by Gasteiger charge is 2.35. The average Bonchev–Trinajstić information content (AvgIpc) is 3.09. The first kappa shape index (κ1) is 19.0. The molecule has 3 heterocycles. The van der Waals surface area contributed by atoms with Crippen LogP contribution >= 0.6 is 0 Å². The lowest BCUT2D eigenvalue weighted by Gasteiger charge is -2.26. The van der Waals surface area contributed by atoms with Crippen molar-refractivity contribution >= 4 is 10.0 Å². The Labute approximate surface area is 154 Å². The maximum Gasteiger partial charge on any atom is 0.223 e. The third-order valence-corrected chi connectivity index (χ3v) is 6.34. The van der Waals surface area contributed by atoms with Crippen molar-refractivity contribution in [3.63, 3.8) is 0 Å². The normalized spacial score (nSPS) is 20.2. The number of hydrogen-bond acceptors (Lipinski definition) is 7. The Morgan fingerprint density at radius 1 is 1.19 bits per heavy atom. The van der Waals surface area contributed by atoms with Crippen LogP contribution in [0.4, 0.5) is 0 Å². The lowest BCUT2D eigenvalue weighted by atomic mass is 9.93. The zero-order valence-corrected chi connectivity index (χ0v) is 16.5. The van der Waals surface area contributed by atoms with Gasteiger partial charge in [0.25, 0.3) is 0 Å². The summed E-state index contributed by atoms with van der Waals surface area (Å²) in [4.78, 5) is 4.27. The molecular formula is C17H26N4O4S. The molecule has 0 spiro atoms. The van der Waals surface area contributed by atoms with Gasteiger partial charge in [-0.1, -0.05) is 43.9 Å². The van der Waals surface area contributed by atoms with E-state index in [1.165, 1.54) is 4.31 Å². The zero-order valence-electron chi connectivity index (χ0n) is 15.7. The van der Waals surface area contributed by atoms with Crippen LogP contribution in [0.25, 0.3) is 0 Å². The Kier molecular flexibility index (Phi) is 5.21. The molecule has 2 aromatic heterocycles. The van der Waals surface area contributed by atoms with Crippen molar-refractivity contribution in [3.05, 3.63) is 29.2 Å². The number of rotatable bonds is 4. The molecule has 0 amide bonds. The quantitative estimate of drug-likeness (QED) is 0.800. The smallest absolute Gasteiger partial charge is 0.223 e. The largest absolute Gasteiger partial charge is 0.361 e. The van der Waals surface area contributed by atoms with E-state index in [1.54, 1.807) is 13.0 Å². The van der Waals surface area contributed by atoms with E-state index in [0.717, 1.165) is 19.3 Å². The molecule has 0 bridgehead atoms. The van der Waals surface area contributed by atoms with Gasteiger partial charge in [-0.2, -0.15) is 9.29 Å². The monoisotopic (exact) mass is 382 g/mol. The second kappa shape index (κ2) is 7.11. The van der Waals surface area contributed by atoms with Crippen LogP contribution < -0.4 is 0 Å². The van der Waals surface area contributed by atoms with E-state index >= 15 is 0 Å². The van der Waals surface area contributed by atoms with Crippen molar-refractivity contribution in [3.8, 4) is 0 Å². The van der Waals surface area contributed by atoms with Gasteiger partial charge in [-0.25, -0.2) is 8.42 Å². The molecule has 1 aliphatic heterocycles. The first-order valence-corrected chi connectivity index (χ1v) is 10.5. The van der Waals surface area contributed by atoms with E-state index in [0.29, 0.717) is 36.1 Å². The number of nitrogens with zero attached hydrogens (tertiary/aromatic N) is 4. The molecule has 0 N–H and O–H groups in total. The molecule has 0 aromatic carbocycles. The lowest BCUT2D eigenvalue weighted by molar-refractivity contribution is 0.301. The van der Waals surface area contributed by atoms with Gasteiger partial charge in [0, 0.05) is 24.9 Å². The van der Waals surface area contributed by atoms with Crippen LogP contribution in [0.2, 0.25) is 0 Å². The highest BCUT2D eigenvalue weighted by Crippen LogP contribution is 2.32. The summed E-state index contributed by atoms with van der Waals surface area (Å²) in [5.74, 6) is 1.35. The Morgan fingerprint density at radius 3 is 2.58 bits per heavy atom. The molecule has 0 aliphatic carbocycles. The molecule has 1 aliphatic rings. The second-order valence-corrected chi connectivity index (χ2v) is 9.76. The molecule has 1 unspecified atom stereocenters. The van der Waals surface area contributed by atoms with E-state index < -0.39 is 16.1 Å². The summed E-state index contributed by atoms with van der Waals surface area (Å²) >= 11 is 0. The van der Waals surface area contributed by atoms with Gasteiger partial charge in [-0.15, -0.1) is 0 Å². The molecule has 1 atom stereocenters. The van der Waals surface area contributed by atoms with E-state index in [4.69, 9.17) is 9.05 Å². The Balaban J connectivity index is 1.86. The van der Waals surface area contributed by atoms with Gasteiger partial charge in [0.2, 0.25) is 15.9 Å². The summed E-state index contributed by atoms with van der Waals surface area (Å²) in [6.07, 6.45) is 3.42. The molecule has 3 rings (SSSR count). The van der Waals surface area contributed by atoms with E-state index in [-0.39, 0.29) is 11.2 Å². The molecule has 1 saturated heterocycles. The first-order chi connectivity index (χ1) is 12.2. The minimum Gasteiger partial charge on any atom is -0.361 e. The van der Waals surface area contributed by atoms with Crippen molar-refractivity contribution in [2.24, 2.45) is 0 Å². The summed E-state index contributed by atoms with van der Waals surface area (Å²) in [6, 6.07) is 1.33. The molecule has 2 aromatic rings. The predicted octanol–water partition coefficient (Wildman–Crippen LogP) is 3.11. The van der Waals surface area contributed by atoms with E-state index in [1.807, 2.05) is 20.8 Å². The Bertz CT molecular complexity index is 850. The van der Waals surface area contributed by atoms with Crippen LogP contribution in [0.5, 0.6) is 0 Å². The van der Waals surface area contributed by atoms with Crippen LogP contribution in [-0.2, 0) is 21.2 Å². The van der Waals surface area contributed by atoms with Gasteiger partial charge in [0.05, 0.1) is 6.04 Å². The standard InChI is InChI=1S/C17H26N4O4S/c1-12-18-16(20-24-12)14-8-6-5-7-9-21(14)26(22,23)11-13-10-15(25-19-13)17(2,3)4/h10,14H,5-9,11H2,1-4H3. The number of aromatic nitrogens is 3. The van der Waals surface area contributed by atoms with Crippen LogP contribution in [0.3, 0.4) is 0 Å². The van der Waals surface area contributed by atoms with Gasteiger partial charge in [-0.3, -0.25) is 0 Å². The van der Waals surface area contributed by atoms with Gasteiger partial charge in [-0.05, 0) is 12.8 Å². The maximum absolute atomic E-state index is 13.1. The number of aryl methyl sites for hydroxylation is 1. The van der Waals surface area contributed by atoms with E-state index in [9.17, 15) is 8.42 Å². The fourth-order valence-electron chi connectivity index (χ4n) is 3.13. The number of sulfonamides is 1. The Hall–Kier alpha value is -1.74. The minimum absolute atomic E-state index is 0.195. The summed E-state index contributed by atoms with van der Waals surface area (Å²) < 4.78 is 38.1. The zero-order chi connectivity index (χ0) is 18.9. The first-order valence-electron chi connectivity index (χ1n) is 8.92. The third-order valence-electron chi connectivity index (χ3n) is 4.53. The molecular weight excluding hydrogens is 356 g/mol. The van der Waals surface area contributed by atoms with Crippen LogP contribution in [0.1, 0.15) is 75.7 Å². The highest BCUT2D eigenvalue weighted by atomic mass is 32.2. The molecule has 1 fully saturated rings. The second-order valence-electron chi connectivity index (χ2n) is 7.84. The highest BCUT2D eigenvalue weighted by molar-refractivity contribution is 7.88. The topological polar surface area (TPSA) is 102 Å². The predicted molar refractivity (Wildman–Crippen MR) is 94.8 cm³/mol. The van der Waals surface area contributed by atoms with Gasteiger partial charge < -0.3 is 9.05 Å². The molecule has 8 nitrogen and oxygen atoms in total. The van der Waals surface area contributed by atoms with Crippen molar-refractivity contribution in [1.82, 2.24) is 19.6 Å². The molecule has 26 heavy (non-hydrogen) atoms. The SMILES string of the molecule is Cc1nc(C2CCCCCN2S(=O)(=O)Cc2cc(C(C)(C)C)on2)no1. The van der Waals surface area contributed by atoms with Crippen molar-refractivity contribution in [2.75, 3.05) is 6.54 Å². The average molecular weight is 382 g/mol. The van der Waals surface area contributed by atoms with Crippen molar-refractivity contribution in [1.29, 1.82) is 0 Å². The van der Waals surface area contributed by atoms with Gasteiger partial charge >= 0.3 is 0 Å². The molecule has 0 radical (unpaired) electrons. The fraction of sp³-hybridized carbons (Fsp3) is 0.706. The summed E-state index contributed by atoms with van der Waals surface area (Å²) in [6.45, 7) is 8.14. The van der Waals surface area contributed by atoms with Crippen LogP contribution in [0.15, 0.2) is 15.1 Å². The number of hydrogen-bond donors (Lipinski definition) is 0. The van der Waals surface area contributed by atoms with Crippen molar-refractivity contribution < 1.29 is 17.5 Å². The van der Waals surface area contributed by atoms with Crippen LogP contribution in [0, 0.1) is 6.92 Å². The molecule has 9 heteroatoms. The fourth-order valence-corrected chi connectivity index (χ4v) is 4.80. The minimum atomic E-state index is -3.59. The van der Waals surface area contributed by atoms with E-state index in [2.05, 4.69) is 15.3 Å². The summed E-state index contributed by atoms with van der Waals surface area (Å²) in [7, 11) is -3.59. The van der Waals surface area contributed by atoms with Crippen molar-refractivity contribution in [2.45, 2.75) is 70.6 Å².